The molecule has 1 unspecified atom stereocenters. The van der Waals surface area contributed by atoms with Crippen LogP contribution in [0.3, 0.4) is 0 Å². The quantitative estimate of drug-likeness (QED) is 0.310. The summed E-state index contributed by atoms with van der Waals surface area (Å²) in [4.78, 5) is 15.5. The lowest BCUT2D eigenvalue weighted by Crippen LogP contribution is -2.33. The van der Waals surface area contributed by atoms with Gasteiger partial charge in [0.25, 0.3) is 0 Å². The summed E-state index contributed by atoms with van der Waals surface area (Å²) < 4.78 is 12.9. The van der Waals surface area contributed by atoms with Crippen molar-refractivity contribution in [2.24, 2.45) is 0 Å². The summed E-state index contributed by atoms with van der Waals surface area (Å²) in [5.74, 6) is 1.08. The van der Waals surface area contributed by atoms with Gasteiger partial charge in [-0.1, -0.05) is 36.4 Å². The molecule has 1 atom stereocenters. The van der Waals surface area contributed by atoms with Crippen molar-refractivity contribution in [3.8, 4) is 11.5 Å². The van der Waals surface area contributed by atoms with Crippen LogP contribution in [0.4, 0.5) is 17.1 Å². The van der Waals surface area contributed by atoms with Gasteiger partial charge in [-0.25, -0.2) is 4.79 Å². The summed E-state index contributed by atoms with van der Waals surface area (Å²) in [5.41, 5.74) is 6.02. The molecule has 0 radical (unpaired) electrons. The number of benzene rings is 4. The zero-order valence-corrected chi connectivity index (χ0v) is 20.7. The van der Waals surface area contributed by atoms with E-state index in [2.05, 4.69) is 49.2 Å². The van der Waals surface area contributed by atoms with Gasteiger partial charge < -0.3 is 19.7 Å². The van der Waals surface area contributed by atoms with Crippen LogP contribution in [-0.4, -0.2) is 19.1 Å². The molecular weight excluding hydrogens is 448 g/mol. The smallest absolute Gasteiger partial charge is 0.340 e. The van der Waals surface area contributed by atoms with Crippen LogP contribution in [-0.2, 0) is 10.3 Å². The Labute approximate surface area is 211 Å². The van der Waals surface area contributed by atoms with E-state index in [1.165, 1.54) is 0 Å². The van der Waals surface area contributed by atoms with Crippen molar-refractivity contribution < 1.29 is 14.3 Å². The van der Waals surface area contributed by atoms with E-state index in [0.29, 0.717) is 17.1 Å². The van der Waals surface area contributed by atoms with E-state index in [1.54, 1.807) is 0 Å². The molecule has 0 fully saturated rings. The van der Waals surface area contributed by atoms with E-state index < -0.39 is 5.60 Å². The lowest BCUT2D eigenvalue weighted by atomic mass is 9.77. The fourth-order valence-electron chi connectivity index (χ4n) is 5.41. The number of rotatable bonds is 5. The van der Waals surface area contributed by atoms with Gasteiger partial charge in [0, 0.05) is 52.9 Å². The highest BCUT2D eigenvalue weighted by Gasteiger charge is 2.53. The Morgan fingerprint density at radius 3 is 2.31 bits per heavy atom. The third kappa shape index (κ3) is 3.27. The van der Waals surface area contributed by atoms with Crippen LogP contribution in [0.15, 0.2) is 84.9 Å². The predicted octanol–water partition coefficient (Wildman–Crippen LogP) is 7.15. The number of para-hydroxylation sites is 1. The van der Waals surface area contributed by atoms with E-state index in [9.17, 15) is 4.79 Å². The molecule has 0 bridgehead atoms. The highest BCUT2D eigenvalue weighted by atomic mass is 16.6. The van der Waals surface area contributed by atoms with Crippen molar-refractivity contribution in [1.82, 2.24) is 0 Å². The van der Waals surface area contributed by atoms with Crippen LogP contribution < -0.4 is 15.0 Å². The van der Waals surface area contributed by atoms with Gasteiger partial charge in [-0.2, -0.15) is 0 Å². The lowest BCUT2D eigenvalue weighted by Gasteiger charge is -2.37. The molecule has 4 aromatic rings. The number of ether oxygens (including phenoxy) is 2. The third-order valence-corrected chi connectivity index (χ3v) is 7.22. The van der Waals surface area contributed by atoms with Crippen molar-refractivity contribution in [3.05, 3.63) is 113 Å². The maximum Gasteiger partial charge on any atom is 0.340 e. The monoisotopic (exact) mass is 476 g/mol. The SMILES string of the molecule is CCN(CC)c1ccc2c(c1)Oc1cc(C)c(Nc3ccccc3)cc1C21OC(=O)c2ccccc21. The molecule has 1 spiro atoms. The van der Waals surface area contributed by atoms with E-state index in [-0.39, 0.29) is 5.97 Å². The fourth-order valence-corrected chi connectivity index (χ4v) is 5.41. The Balaban J connectivity index is 1.58. The van der Waals surface area contributed by atoms with Crippen LogP contribution in [0.5, 0.6) is 11.5 Å². The van der Waals surface area contributed by atoms with Gasteiger partial charge in [0.2, 0.25) is 0 Å². The highest BCUT2D eigenvalue weighted by Crippen LogP contribution is 2.57. The maximum absolute atomic E-state index is 13.2. The van der Waals surface area contributed by atoms with E-state index in [0.717, 1.165) is 52.4 Å². The first-order valence-electron chi connectivity index (χ1n) is 12.4. The maximum atomic E-state index is 13.2. The third-order valence-electron chi connectivity index (χ3n) is 7.22. The average molecular weight is 477 g/mol. The summed E-state index contributed by atoms with van der Waals surface area (Å²) in [7, 11) is 0. The number of carbonyl (C=O) groups is 1. The van der Waals surface area contributed by atoms with Gasteiger partial charge in [-0.3, -0.25) is 0 Å². The molecule has 2 heterocycles. The van der Waals surface area contributed by atoms with Gasteiger partial charge in [-0.05, 0) is 68.8 Å². The number of fused-ring (bicyclic) bond motifs is 6. The molecule has 0 saturated heterocycles. The summed E-state index contributed by atoms with van der Waals surface area (Å²) in [6.07, 6.45) is 0. The number of nitrogens with one attached hydrogen (secondary N) is 1. The molecule has 36 heavy (non-hydrogen) atoms. The van der Waals surface area contributed by atoms with Crippen molar-refractivity contribution in [1.29, 1.82) is 0 Å². The molecule has 2 aliphatic rings. The van der Waals surface area contributed by atoms with Crippen LogP contribution in [0, 0.1) is 6.92 Å². The topological polar surface area (TPSA) is 50.8 Å². The first kappa shape index (κ1) is 22.2. The van der Waals surface area contributed by atoms with Crippen LogP contribution >= 0.6 is 0 Å². The Morgan fingerprint density at radius 2 is 1.53 bits per heavy atom. The minimum atomic E-state index is -1.08. The first-order chi connectivity index (χ1) is 17.5. The summed E-state index contributed by atoms with van der Waals surface area (Å²) in [6, 6.07) is 28.0. The fraction of sp³-hybridized carbons (Fsp3) is 0.194. The second kappa shape index (κ2) is 8.45. The predicted molar refractivity (Wildman–Crippen MR) is 143 cm³/mol. The number of nitrogens with zero attached hydrogens (tertiary/aromatic N) is 1. The zero-order valence-electron chi connectivity index (χ0n) is 20.7. The normalized spacial score (nSPS) is 17.0. The first-order valence-corrected chi connectivity index (χ1v) is 12.4. The van der Waals surface area contributed by atoms with Crippen LogP contribution in [0.2, 0.25) is 0 Å². The van der Waals surface area contributed by atoms with Gasteiger partial charge in [0.05, 0.1) is 5.56 Å². The molecule has 0 aromatic heterocycles. The molecule has 2 aliphatic heterocycles. The van der Waals surface area contributed by atoms with Crippen molar-refractivity contribution in [2.45, 2.75) is 26.4 Å². The van der Waals surface area contributed by atoms with Crippen LogP contribution in [0.1, 0.15) is 46.5 Å². The number of aryl methyl sites for hydroxylation is 1. The molecular formula is C31H28N2O3. The van der Waals surface area contributed by atoms with Gasteiger partial charge in [0.1, 0.15) is 11.5 Å². The second-order valence-electron chi connectivity index (χ2n) is 9.23. The van der Waals surface area contributed by atoms with E-state index in [1.807, 2.05) is 66.7 Å². The molecule has 1 N–H and O–H groups in total. The Hall–Kier alpha value is -4.25. The van der Waals surface area contributed by atoms with Gasteiger partial charge >= 0.3 is 5.97 Å². The van der Waals surface area contributed by atoms with Crippen molar-refractivity contribution in [3.63, 3.8) is 0 Å². The molecule has 6 rings (SSSR count). The van der Waals surface area contributed by atoms with E-state index in [4.69, 9.17) is 9.47 Å². The average Bonchev–Trinajstić information content (AvgIpc) is 3.19. The number of esters is 1. The van der Waals surface area contributed by atoms with Crippen LogP contribution in [0.25, 0.3) is 0 Å². The Bertz CT molecular complexity index is 1480. The van der Waals surface area contributed by atoms with Crippen molar-refractivity contribution in [2.75, 3.05) is 23.3 Å². The highest BCUT2D eigenvalue weighted by molar-refractivity contribution is 5.97. The molecule has 180 valence electrons. The second-order valence-corrected chi connectivity index (χ2v) is 9.23. The zero-order chi connectivity index (χ0) is 24.9. The molecule has 0 saturated carbocycles. The number of carbonyl (C=O) groups excluding carboxylic acids is 1. The molecule has 0 aliphatic carbocycles. The Morgan fingerprint density at radius 1 is 0.806 bits per heavy atom. The van der Waals surface area contributed by atoms with Crippen molar-refractivity contribution >= 4 is 23.0 Å². The largest absolute Gasteiger partial charge is 0.456 e. The summed E-state index contributed by atoms with van der Waals surface area (Å²) in [6.45, 7) is 8.11. The number of anilines is 3. The molecule has 5 heteroatoms. The molecule has 4 aromatic carbocycles. The number of hydrogen-bond acceptors (Lipinski definition) is 5. The minimum Gasteiger partial charge on any atom is -0.456 e. The molecule has 5 nitrogen and oxygen atoms in total. The summed E-state index contributed by atoms with van der Waals surface area (Å²) >= 11 is 0. The van der Waals surface area contributed by atoms with E-state index >= 15 is 0 Å². The Kier molecular flexibility index (Phi) is 5.22. The lowest BCUT2D eigenvalue weighted by molar-refractivity contribution is 0.0224. The number of hydrogen-bond donors (Lipinski definition) is 1. The van der Waals surface area contributed by atoms with Gasteiger partial charge in [-0.15, -0.1) is 0 Å². The molecule has 0 amide bonds. The summed E-state index contributed by atoms with van der Waals surface area (Å²) in [5, 5.41) is 3.52. The van der Waals surface area contributed by atoms with Gasteiger partial charge in [0.15, 0.2) is 5.60 Å². The minimum absolute atomic E-state index is 0.324. The standard InChI is InChI=1S/C31H28N2O3/c1-4-33(5-2)22-15-16-25-29(18-22)35-28-17-20(3)27(32-21-11-7-6-8-12-21)19-26(28)31(25)24-14-10-9-13-23(24)30(34)36-31/h6-19,32H,4-5H2,1-3H3.